The molecule has 0 saturated carbocycles. The van der Waals surface area contributed by atoms with E-state index in [0.717, 1.165) is 42.0 Å². The molecule has 4 heterocycles. The summed E-state index contributed by atoms with van der Waals surface area (Å²) in [5.74, 6) is 0.778. The normalized spacial score (nSPS) is 16.7. The van der Waals surface area contributed by atoms with Crippen LogP contribution in [0.25, 0.3) is 11.3 Å². The average molecular weight is 348 g/mol. The number of likely N-dealkylation sites (tertiary alicyclic amines) is 1. The third-order valence-electron chi connectivity index (χ3n) is 4.70. The van der Waals surface area contributed by atoms with Crippen molar-refractivity contribution in [3.63, 3.8) is 0 Å². The van der Waals surface area contributed by atoms with E-state index in [9.17, 15) is 4.79 Å². The minimum atomic E-state index is -0.0297. The highest BCUT2D eigenvalue weighted by atomic mass is 16.2. The van der Waals surface area contributed by atoms with Gasteiger partial charge in [-0.25, -0.2) is 4.98 Å². The first-order chi connectivity index (χ1) is 12.8. The highest BCUT2D eigenvalue weighted by Gasteiger charge is 2.31. The van der Waals surface area contributed by atoms with Crippen molar-refractivity contribution in [1.29, 1.82) is 0 Å². The van der Waals surface area contributed by atoms with E-state index < -0.39 is 0 Å². The third kappa shape index (κ3) is 3.03. The van der Waals surface area contributed by atoms with Gasteiger partial charge < -0.3 is 10.2 Å². The maximum atomic E-state index is 13.0. The van der Waals surface area contributed by atoms with Gasteiger partial charge in [0.1, 0.15) is 11.5 Å². The van der Waals surface area contributed by atoms with E-state index in [-0.39, 0.29) is 11.9 Å². The van der Waals surface area contributed by atoms with Crippen molar-refractivity contribution in [3.05, 3.63) is 60.2 Å². The number of aromatic amines is 1. The summed E-state index contributed by atoms with van der Waals surface area (Å²) in [7, 11) is 1.84. The van der Waals surface area contributed by atoms with E-state index in [1.165, 1.54) is 0 Å². The van der Waals surface area contributed by atoms with Gasteiger partial charge in [0.25, 0.3) is 5.91 Å². The predicted molar refractivity (Wildman–Crippen MR) is 98.6 cm³/mol. The minimum Gasteiger partial charge on any atom is -0.373 e. The second-order valence-electron chi connectivity index (χ2n) is 6.29. The van der Waals surface area contributed by atoms with E-state index in [0.29, 0.717) is 5.69 Å². The molecule has 0 spiro atoms. The maximum Gasteiger partial charge on any atom is 0.272 e. The molecule has 4 rings (SSSR count). The van der Waals surface area contributed by atoms with Gasteiger partial charge in [-0.3, -0.25) is 14.9 Å². The second kappa shape index (κ2) is 6.95. The third-order valence-corrected chi connectivity index (χ3v) is 4.70. The molecule has 1 aliphatic rings. The van der Waals surface area contributed by atoms with E-state index in [2.05, 4.69) is 25.5 Å². The molecule has 3 aromatic rings. The Morgan fingerprint density at radius 3 is 3.04 bits per heavy atom. The lowest BCUT2D eigenvalue weighted by atomic mass is 10.1. The molecule has 1 fully saturated rings. The fourth-order valence-electron chi connectivity index (χ4n) is 3.40. The summed E-state index contributed by atoms with van der Waals surface area (Å²) in [5, 5.41) is 10.2. The van der Waals surface area contributed by atoms with Crippen molar-refractivity contribution < 1.29 is 4.79 Å². The van der Waals surface area contributed by atoms with Gasteiger partial charge in [-0.1, -0.05) is 0 Å². The maximum absolute atomic E-state index is 13.0. The van der Waals surface area contributed by atoms with Crippen LogP contribution in [0.15, 0.2) is 48.9 Å². The monoisotopic (exact) mass is 348 g/mol. The van der Waals surface area contributed by atoms with Gasteiger partial charge in [-0.05, 0) is 48.7 Å². The molecule has 1 aliphatic heterocycles. The lowest BCUT2D eigenvalue weighted by molar-refractivity contribution is 0.0729. The summed E-state index contributed by atoms with van der Waals surface area (Å²) in [5.41, 5.74) is 3.20. The number of hydrogen-bond acceptors (Lipinski definition) is 5. The molecule has 2 N–H and O–H groups in total. The van der Waals surface area contributed by atoms with E-state index in [1.807, 2.05) is 36.2 Å². The molecule has 0 aromatic carbocycles. The molecule has 132 valence electrons. The topological polar surface area (TPSA) is 86.8 Å². The van der Waals surface area contributed by atoms with E-state index >= 15 is 0 Å². The lowest BCUT2D eigenvalue weighted by Gasteiger charge is -2.24. The summed E-state index contributed by atoms with van der Waals surface area (Å²) < 4.78 is 0. The van der Waals surface area contributed by atoms with Gasteiger partial charge in [0.15, 0.2) is 0 Å². The number of anilines is 1. The summed E-state index contributed by atoms with van der Waals surface area (Å²) in [6, 6.07) is 9.61. The van der Waals surface area contributed by atoms with Crippen LogP contribution in [0.4, 0.5) is 5.82 Å². The number of carbonyl (C=O) groups is 1. The molecular formula is C19H20N6O. The Bertz CT molecular complexity index is 907. The fourth-order valence-corrected chi connectivity index (χ4v) is 3.40. The average Bonchev–Trinajstić information content (AvgIpc) is 3.38. The van der Waals surface area contributed by atoms with Gasteiger partial charge in [0.05, 0.1) is 11.7 Å². The first kappa shape index (κ1) is 16.3. The molecule has 1 atom stereocenters. The van der Waals surface area contributed by atoms with E-state index in [1.54, 1.807) is 24.7 Å². The van der Waals surface area contributed by atoms with Crippen LogP contribution in [-0.4, -0.2) is 44.6 Å². The number of pyridine rings is 2. The Balaban J connectivity index is 1.58. The first-order valence-corrected chi connectivity index (χ1v) is 8.67. The van der Waals surface area contributed by atoms with Gasteiger partial charge in [-0.15, -0.1) is 0 Å². The highest BCUT2D eigenvalue weighted by Crippen LogP contribution is 2.33. The summed E-state index contributed by atoms with van der Waals surface area (Å²) in [6.45, 7) is 0.738. The SMILES string of the molecule is CNc1cc(C2CCCN2C(=O)c2cc(-c3cccnc3)n[nH]2)ccn1. The first-order valence-electron chi connectivity index (χ1n) is 8.67. The molecule has 0 aliphatic carbocycles. The minimum absolute atomic E-state index is 0.0297. The molecule has 26 heavy (non-hydrogen) atoms. The summed E-state index contributed by atoms with van der Waals surface area (Å²) in [6.07, 6.45) is 7.16. The second-order valence-corrected chi connectivity index (χ2v) is 6.29. The zero-order chi connectivity index (χ0) is 17.9. The van der Waals surface area contributed by atoms with Crippen molar-refractivity contribution in [2.75, 3.05) is 18.9 Å². The zero-order valence-electron chi connectivity index (χ0n) is 14.5. The van der Waals surface area contributed by atoms with Crippen LogP contribution in [0, 0.1) is 0 Å². The van der Waals surface area contributed by atoms with Crippen LogP contribution in [0.1, 0.15) is 34.9 Å². The number of nitrogens with one attached hydrogen (secondary N) is 2. The Labute approximate surface area is 151 Å². The van der Waals surface area contributed by atoms with Crippen LogP contribution in [0.5, 0.6) is 0 Å². The molecule has 0 bridgehead atoms. The van der Waals surface area contributed by atoms with Gasteiger partial charge in [-0.2, -0.15) is 5.10 Å². The predicted octanol–water partition coefficient (Wildman–Crippen LogP) is 2.89. The molecule has 0 radical (unpaired) electrons. The molecule has 7 heteroatoms. The lowest BCUT2D eigenvalue weighted by Crippen LogP contribution is -2.30. The number of hydrogen-bond donors (Lipinski definition) is 2. The molecule has 7 nitrogen and oxygen atoms in total. The molecule has 1 unspecified atom stereocenters. The largest absolute Gasteiger partial charge is 0.373 e. The van der Waals surface area contributed by atoms with Crippen LogP contribution < -0.4 is 5.32 Å². The van der Waals surface area contributed by atoms with Crippen LogP contribution in [0.3, 0.4) is 0 Å². The number of carbonyl (C=O) groups excluding carboxylic acids is 1. The van der Waals surface area contributed by atoms with E-state index in [4.69, 9.17) is 0 Å². The molecule has 1 amide bonds. The Morgan fingerprint density at radius 1 is 1.31 bits per heavy atom. The molecule has 1 saturated heterocycles. The van der Waals surface area contributed by atoms with Crippen molar-refractivity contribution in [1.82, 2.24) is 25.1 Å². The number of nitrogens with zero attached hydrogens (tertiary/aromatic N) is 4. The van der Waals surface area contributed by atoms with Gasteiger partial charge in [0, 0.05) is 37.7 Å². The Morgan fingerprint density at radius 2 is 2.23 bits per heavy atom. The summed E-state index contributed by atoms with van der Waals surface area (Å²) in [4.78, 5) is 23.3. The van der Waals surface area contributed by atoms with Crippen LogP contribution in [-0.2, 0) is 0 Å². The smallest absolute Gasteiger partial charge is 0.272 e. The van der Waals surface area contributed by atoms with Crippen LogP contribution in [0.2, 0.25) is 0 Å². The van der Waals surface area contributed by atoms with Gasteiger partial charge in [0.2, 0.25) is 0 Å². The van der Waals surface area contributed by atoms with Crippen molar-refractivity contribution >= 4 is 11.7 Å². The van der Waals surface area contributed by atoms with Crippen molar-refractivity contribution in [3.8, 4) is 11.3 Å². The summed E-state index contributed by atoms with van der Waals surface area (Å²) >= 11 is 0. The highest BCUT2D eigenvalue weighted by molar-refractivity contribution is 5.93. The number of aromatic nitrogens is 4. The quantitative estimate of drug-likeness (QED) is 0.757. The molecule has 3 aromatic heterocycles. The van der Waals surface area contributed by atoms with Gasteiger partial charge >= 0.3 is 0 Å². The standard InChI is InChI=1S/C19H20N6O/c1-20-18-10-13(6-8-22-18)17-5-3-9-25(17)19(26)16-11-15(23-24-16)14-4-2-7-21-12-14/h2,4,6-8,10-12,17H,3,5,9H2,1H3,(H,20,22)(H,23,24). The van der Waals surface area contributed by atoms with Crippen LogP contribution >= 0.6 is 0 Å². The Kier molecular flexibility index (Phi) is 4.35. The Hall–Kier alpha value is -3.22. The number of rotatable bonds is 4. The fraction of sp³-hybridized carbons (Fsp3) is 0.263. The van der Waals surface area contributed by atoms with Crippen molar-refractivity contribution in [2.45, 2.75) is 18.9 Å². The van der Waals surface area contributed by atoms with Crippen molar-refractivity contribution in [2.24, 2.45) is 0 Å². The number of H-pyrrole nitrogens is 1. The number of amides is 1. The molecular weight excluding hydrogens is 328 g/mol. The zero-order valence-corrected chi connectivity index (χ0v) is 14.5.